The zero-order valence-corrected chi connectivity index (χ0v) is 11.2. The first-order chi connectivity index (χ1) is 9.20. The fraction of sp³-hybridized carbons (Fsp3) is 0.0833. The van der Waals surface area contributed by atoms with Crippen molar-refractivity contribution < 1.29 is 8.91 Å². The maximum Gasteiger partial charge on any atom is 0.248 e. The smallest absolute Gasteiger partial charge is 0.248 e. The van der Waals surface area contributed by atoms with Gasteiger partial charge in [-0.15, -0.1) is 0 Å². The van der Waals surface area contributed by atoms with E-state index in [0.29, 0.717) is 23.8 Å². The molecule has 0 amide bonds. The summed E-state index contributed by atoms with van der Waals surface area (Å²) in [6.07, 6.45) is 3.49. The first-order valence-corrected chi connectivity index (χ1v) is 6.26. The first kappa shape index (κ1) is 12.0. The summed E-state index contributed by atoms with van der Waals surface area (Å²) in [6.45, 7) is 0.389. The summed E-state index contributed by atoms with van der Waals surface area (Å²) >= 11 is 3.31. The van der Waals surface area contributed by atoms with Crippen LogP contribution in [0.3, 0.4) is 0 Å². The van der Waals surface area contributed by atoms with Crippen LogP contribution >= 0.6 is 15.9 Å². The van der Waals surface area contributed by atoms with Crippen LogP contribution in [-0.4, -0.2) is 19.9 Å². The second kappa shape index (κ2) is 4.93. The van der Waals surface area contributed by atoms with Gasteiger partial charge in [-0.25, -0.2) is 4.39 Å². The molecule has 96 valence electrons. The lowest BCUT2D eigenvalue weighted by Gasteiger charge is -1.94. The molecule has 1 aromatic carbocycles. The average Bonchev–Trinajstić information content (AvgIpc) is 3.00. The van der Waals surface area contributed by atoms with Crippen molar-refractivity contribution in [1.82, 2.24) is 19.9 Å². The third-order valence-corrected chi connectivity index (χ3v) is 2.88. The molecule has 0 atom stereocenters. The molecule has 2 aromatic heterocycles. The van der Waals surface area contributed by atoms with Crippen molar-refractivity contribution in [2.24, 2.45) is 0 Å². The molecule has 7 heteroatoms. The van der Waals surface area contributed by atoms with Crippen molar-refractivity contribution in [2.75, 3.05) is 0 Å². The molecule has 0 saturated carbocycles. The van der Waals surface area contributed by atoms with Crippen LogP contribution in [0.4, 0.5) is 4.39 Å². The van der Waals surface area contributed by atoms with Crippen LogP contribution < -0.4 is 0 Å². The lowest BCUT2D eigenvalue weighted by molar-refractivity contribution is 0.366. The SMILES string of the molecule is Fc1ccc(-c2noc(Cn3cc(Br)cn3)n2)cc1. The predicted octanol–water partition coefficient (Wildman–Crippen LogP) is 2.88. The average molecular weight is 323 g/mol. The molecular weight excluding hydrogens is 315 g/mol. The topological polar surface area (TPSA) is 56.7 Å². The highest BCUT2D eigenvalue weighted by molar-refractivity contribution is 9.10. The third kappa shape index (κ3) is 2.70. The van der Waals surface area contributed by atoms with E-state index in [-0.39, 0.29) is 5.82 Å². The van der Waals surface area contributed by atoms with E-state index in [2.05, 4.69) is 31.2 Å². The largest absolute Gasteiger partial charge is 0.337 e. The fourth-order valence-electron chi connectivity index (χ4n) is 1.60. The minimum atomic E-state index is -0.297. The summed E-state index contributed by atoms with van der Waals surface area (Å²) in [5.74, 6) is 0.574. The van der Waals surface area contributed by atoms with Gasteiger partial charge in [0.15, 0.2) is 0 Å². The zero-order valence-electron chi connectivity index (χ0n) is 9.62. The normalized spacial score (nSPS) is 10.8. The molecule has 0 radical (unpaired) electrons. The second-order valence-corrected chi connectivity index (χ2v) is 4.79. The molecule has 0 aliphatic heterocycles. The highest BCUT2D eigenvalue weighted by Gasteiger charge is 2.09. The van der Waals surface area contributed by atoms with Gasteiger partial charge in [0.1, 0.15) is 12.4 Å². The molecule has 0 N–H and O–H groups in total. The van der Waals surface area contributed by atoms with Gasteiger partial charge in [0, 0.05) is 11.8 Å². The van der Waals surface area contributed by atoms with Gasteiger partial charge in [0.25, 0.3) is 0 Å². The van der Waals surface area contributed by atoms with Crippen molar-refractivity contribution in [1.29, 1.82) is 0 Å². The Bertz CT molecular complexity index is 692. The molecular formula is C12H8BrFN4O. The molecule has 0 saturated heterocycles. The molecule has 0 unspecified atom stereocenters. The van der Waals surface area contributed by atoms with Crippen LogP contribution in [-0.2, 0) is 6.54 Å². The van der Waals surface area contributed by atoms with Crippen molar-refractivity contribution in [3.63, 3.8) is 0 Å². The van der Waals surface area contributed by atoms with E-state index in [4.69, 9.17) is 4.52 Å². The molecule has 0 fully saturated rings. The Morgan fingerprint density at radius 3 is 2.74 bits per heavy atom. The Balaban J connectivity index is 1.81. The van der Waals surface area contributed by atoms with E-state index in [0.717, 1.165) is 4.47 Å². The zero-order chi connectivity index (χ0) is 13.2. The van der Waals surface area contributed by atoms with Crippen LogP contribution in [0.15, 0.2) is 45.7 Å². The van der Waals surface area contributed by atoms with Crippen LogP contribution in [0.25, 0.3) is 11.4 Å². The Labute approximate surface area is 116 Å². The number of benzene rings is 1. The van der Waals surface area contributed by atoms with Crippen LogP contribution in [0, 0.1) is 5.82 Å². The number of hydrogen-bond donors (Lipinski definition) is 0. The van der Waals surface area contributed by atoms with Gasteiger partial charge >= 0.3 is 0 Å². The summed E-state index contributed by atoms with van der Waals surface area (Å²) in [5, 5.41) is 7.95. The van der Waals surface area contributed by atoms with E-state index in [9.17, 15) is 4.39 Å². The van der Waals surface area contributed by atoms with Gasteiger partial charge in [-0.05, 0) is 40.2 Å². The Hall–Kier alpha value is -2.02. The van der Waals surface area contributed by atoms with Crippen LogP contribution in [0.5, 0.6) is 0 Å². The molecule has 3 aromatic rings. The van der Waals surface area contributed by atoms with E-state index in [1.165, 1.54) is 12.1 Å². The molecule has 0 aliphatic rings. The number of aromatic nitrogens is 4. The molecule has 3 rings (SSSR count). The van der Waals surface area contributed by atoms with Gasteiger partial charge < -0.3 is 4.52 Å². The fourth-order valence-corrected chi connectivity index (χ4v) is 1.93. The van der Waals surface area contributed by atoms with Crippen LogP contribution in [0.2, 0.25) is 0 Å². The highest BCUT2D eigenvalue weighted by Crippen LogP contribution is 2.16. The van der Waals surface area contributed by atoms with Crippen molar-refractivity contribution in [3.8, 4) is 11.4 Å². The third-order valence-electron chi connectivity index (χ3n) is 2.47. The van der Waals surface area contributed by atoms with E-state index in [1.54, 1.807) is 23.0 Å². The summed E-state index contributed by atoms with van der Waals surface area (Å²) in [5.41, 5.74) is 0.707. The minimum absolute atomic E-state index is 0.297. The van der Waals surface area contributed by atoms with Gasteiger partial charge in [0.2, 0.25) is 11.7 Å². The lowest BCUT2D eigenvalue weighted by atomic mass is 10.2. The molecule has 0 spiro atoms. The summed E-state index contributed by atoms with van der Waals surface area (Å²) in [7, 11) is 0. The Morgan fingerprint density at radius 1 is 1.26 bits per heavy atom. The molecule has 0 bridgehead atoms. The maximum atomic E-state index is 12.8. The van der Waals surface area contributed by atoms with Crippen molar-refractivity contribution in [2.45, 2.75) is 6.54 Å². The van der Waals surface area contributed by atoms with E-state index < -0.39 is 0 Å². The van der Waals surface area contributed by atoms with Gasteiger partial charge in [-0.1, -0.05) is 5.16 Å². The number of rotatable bonds is 3. The van der Waals surface area contributed by atoms with Crippen LogP contribution in [0.1, 0.15) is 5.89 Å². The second-order valence-electron chi connectivity index (χ2n) is 3.87. The van der Waals surface area contributed by atoms with Crippen molar-refractivity contribution >= 4 is 15.9 Å². The Morgan fingerprint density at radius 2 is 2.05 bits per heavy atom. The van der Waals surface area contributed by atoms with Crippen molar-refractivity contribution in [3.05, 3.63) is 52.8 Å². The Kier molecular flexibility index (Phi) is 3.12. The predicted molar refractivity (Wildman–Crippen MR) is 68.7 cm³/mol. The quantitative estimate of drug-likeness (QED) is 0.744. The summed E-state index contributed by atoms with van der Waals surface area (Å²) in [6, 6.07) is 5.93. The van der Waals surface area contributed by atoms with E-state index in [1.807, 2.05) is 6.20 Å². The maximum absolute atomic E-state index is 12.8. The number of nitrogens with zero attached hydrogens (tertiary/aromatic N) is 4. The van der Waals surface area contributed by atoms with Gasteiger partial charge in [-0.2, -0.15) is 10.1 Å². The monoisotopic (exact) mass is 322 g/mol. The summed E-state index contributed by atoms with van der Waals surface area (Å²) < 4.78 is 20.5. The highest BCUT2D eigenvalue weighted by atomic mass is 79.9. The molecule has 19 heavy (non-hydrogen) atoms. The lowest BCUT2D eigenvalue weighted by Crippen LogP contribution is -1.99. The summed E-state index contributed by atoms with van der Waals surface area (Å²) in [4.78, 5) is 4.24. The van der Waals surface area contributed by atoms with Gasteiger partial charge in [-0.3, -0.25) is 4.68 Å². The molecule has 0 aliphatic carbocycles. The first-order valence-electron chi connectivity index (χ1n) is 5.47. The molecule has 5 nitrogen and oxygen atoms in total. The number of halogens is 2. The van der Waals surface area contributed by atoms with E-state index >= 15 is 0 Å². The standard InChI is InChI=1S/C12H8BrFN4O/c13-9-5-15-18(6-9)7-11-16-12(17-19-11)8-1-3-10(14)4-2-8/h1-6H,7H2. The minimum Gasteiger partial charge on any atom is -0.337 e. The number of hydrogen-bond acceptors (Lipinski definition) is 4. The molecule has 2 heterocycles. The van der Waals surface area contributed by atoms with Gasteiger partial charge in [0.05, 0.1) is 10.7 Å².